The fourth-order valence-electron chi connectivity index (χ4n) is 1.62. The van der Waals surface area contributed by atoms with Crippen LogP contribution in [0.4, 0.5) is 0 Å². The van der Waals surface area contributed by atoms with E-state index in [4.69, 9.17) is 27.9 Å². The molecule has 4 heteroatoms. The number of benzene rings is 2. The normalized spacial score (nSPS) is 10.4. The van der Waals surface area contributed by atoms with Gasteiger partial charge in [-0.1, -0.05) is 51.3 Å². The van der Waals surface area contributed by atoms with Gasteiger partial charge in [-0.15, -0.1) is 0 Å². The molecule has 0 atom stereocenters. The summed E-state index contributed by atoms with van der Waals surface area (Å²) in [5, 5.41) is 1.95. The monoisotopic (exact) mass is 344 g/mol. The Balaban J connectivity index is 2.28. The maximum absolute atomic E-state index is 5.93. The van der Waals surface area contributed by atoms with Gasteiger partial charge < -0.3 is 4.74 Å². The van der Waals surface area contributed by atoms with Gasteiger partial charge >= 0.3 is 0 Å². The zero-order valence-electron chi connectivity index (χ0n) is 9.71. The highest BCUT2D eigenvalue weighted by Gasteiger charge is 2.04. The van der Waals surface area contributed by atoms with E-state index in [1.807, 2.05) is 19.1 Å². The first kappa shape index (κ1) is 13.7. The molecular formula is C14H11BrCl2O. The Morgan fingerprint density at radius 3 is 2.28 bits per heavy atom. The molecule has 18 heavy (non-hydrogen) atoms. The van der Waals surface area contributed by atoms with Crippen molar-refractivity contribution < 1.29 is 4.74 Å². The molecule has 0 bridgehead atoms. The van der Waals surface area contributed by atoms with Crippen LogP contribution in [0.3, 0.4) is 0 Å². The molecule has 0 aromatic heterocycles. The van der Waals surface area contributed by atoms with Crippen molar-refractivity contribution in [1.82, 2.24) is 0 Å². The van der Waals surface area contributed by atoms with Crippen LogP contribution in [0.15, 0.2) is 36.4 Å². The van der Waals surface area contributed by atoms with Crippen LogP contribution in [-0.2, 0) is 5.33 Å². The Labute approximate surface area is 125 Å². The molecular weight excluding hydrogens is 335 g/mol. The van der Waals surface area contributed by atoms with E-state index in [1.54, 1.807) is 18.2 Å². The minimum absolute atomic E-state index is 0.562. The van der Waals surface area contributed by atoms with Crippen LogP contribution in [0.5, 0.6) is 11.5 Å². The van der Waals surface area contributed by atoms with Gasteiger partial charge in [0.2, 0.25) is 0 Å². The largest absolute Gasteiger partial charge is 0.457 e. The molecule has 0 unspecified atom stereocenters. The zero-order valence-corrected chi connectivity index (χ0v) is 12.8. The summed E-state index contributed by atoms with van der Waals surface area (Å²) in [5.74, 6) is 1.44. The summed E-state index contributed by atoms with van der Waals surface area (Å²) in [6.07, 6.45) is 0. The number of rotatable bonds is 3. The number of halogens is 3. The molecule has 0 saturated carbocycles. The predicted molar refractivity (Wildman–Crippen MR) is 80.3 cm³/mol. The molecule has 2 rings (SSSR count). The molecule has 0 N–H and O–H groups in total. The van der Waals surface area contributed by atoms with Crippen LogP contribution in [0.2, 0.25) is 10.0 Å². The highest BCUT2D eigenvalue weighted by atomic mass is 79.9. The molecule has 0 radical (unpaired) electrons. The van der Waals surface area contributed by atoms with Gasteiger partial charge in [-0.05, 0) is 42.3 Å². The van der Waals surface area contributed by atoms with Gasteiger partial charge in [0.1, 0.15) is 11.5 Å². The van der Waals surface area contributed by atoms with Gasteiger partial charge in [0.25, 0.3) is 0 Å². The third-order valence-corrected chi connectivity index (χ3v) is 3.54. The summed E-state index contributed by atoms with van der Waals surface area (Å²) in [6.45, 7) is 2.01. The molecule has 1 nitrogen and oxygen atoms in total. The van der Waals surface area contributed by atoms with Crippen molar-refractivity contribution in [3.8, 4) is 11.5 Å². The molecule has 2 aromatic carbocycles. The summed E-state index contributed by atoms with van der Waals surface area (Å²) in [6, 6.07) is 11.2. The second-order valence-electron chi connectivity index (χ2n) is 3.94. The van der Waals surface area contributed by atoms with Crippen LogP contribution in [0, 0.1) is 6.92 Å². The van der Waals surface area contributed by atoms with Gasteiger partial charge in [0, 0.05) is 15.4 Å². The minimum atomic E-state index is 0.562. The number of aryl methyl sites for hydroxylation is 1. The van der Waals surface area contributed by atoms with Crippen LogP contribution in [0.25, 0.3) is 0 Å². The van der Waals surface area contributed by atoms with Crippen molar-refractivity contribution in [3.63, 3.8) is 0 Å². The van der Waals surface area contributed by atoms with Crippen molar-refractivity contribution in [1.29, 1.82) is 0 Å². The Kier molecular flexibility index (Phi) is 4.55. The fraction of sp³-hybridized carbons (Fsp3) is 0.143. The average molecular weight is 346 g/mol. The second-order valence-corrected chi connectivity index (χ2v) is 5.37. The highest BCUT2D eigenvalue weighted by molar-refractivity contribution is 9.08. The lowest BCUT2D eigenvalue weighted by molar-refractivity contribution is 0.479. The maximum atomic E-state index is 5.93. The zero-order chi connectivity index (χ0) is 13.1. The first-order chi connectivity index (χ1) is 8.58. The number of hydrogen-bond acceptors (Lipinski definition) is 1. The Bertz CT molecular complexity index is 549. The molecule has 2 aromatic rings. The van der Waals surface area contributed by atoms with E-state index >= 15 is 0 Å². The molecule has 94 valence electrons. The van der Waals surface area contributed by atoms with E-state index in [1.165, 1.54) is 5.56 Å². The molecule has 0 fully saturated rings. The van der Waals surface area contributed by atoms with Gasteiger partial charge in [0.15, 0.2) is 0 Å². The van der Waals surface area contributed by atoms with Gasteiger partial charge in [-0.25, -0.2) is 0 Å². The van der Waals surface area contributed by atoms with Gasteiger partial charge in [-0.3, -0.25) is 0 Å². The van der Waals surface area contributed by atoms with Crippen LogP contribution < -0.4 is 4.74 Å². The average Bonchev–Trinajstić information content (AvgIpc) is 2.30. The fourth-order valence-corrected chi connectivity index (χ4v) is 2.48. The first-order valence-corrected chi connectivity index (χ1v) is 7.25. The van der Waals surface area contributed by atoms with Crippen molar-refractivity contribution in [2.24, 2.45) is 0 Å². The van der Waals surface area contributed by atoms with E-state index in [2.05, 4.69) is 22.0 Å². The Morgan fingerprint density at radius 2 is 1.72 bits per heavy atom. The summed E-state index contributed by atoms with van der Waals surface area (Å²) in [4.78, 5) is 0. The number of alkyl halides is 1. The van der Waals surface area contributed by atoms with Crippen molar-refractivity contribution >= 4 is 39.1 Å². The standard InChI is InChI=1S/C14H11BrCl2O/c1-9-4-10(8-15)2-3-14(9)18-13-6-11(16)5-12(17)7-13/h2-7H,8H2,1H3. The third-order valence-electron chi connectivity index (χ3n) is 2.46. The Morgan fingerprint density at radius 1 is 1.06 bits per heavy atom. The maximum Gasteiger partial charge on any atom is 0.130 e. The SMILES string of the molecule is Cc1cc(CBr)ccc1Oc1cc(Cl)cc(Cl)c1. The van der Waals surface area contributed by atoms with Gasteiger partial charge in [-0.2, -0.15) is 0 Å². The van der Waals surface area contributed by atoms with E-state index < -0.39 is 0 Å². The summed E-state index contributed by atoms with van der Waals surface area (Å²) < 4.78 is 5.79. The lowest BCUT2D eigenvalue weighted by Gasteiger charge is -2.10. The molecule has 0 saturated heterocycles. The molecule has 0 amide bonds. The minimum Gasteiger partial charge on any atom is -0.457 e. The first-order valence-electron chi connectivity index (χ1n) is 5.38. The van der Waals surface area contributed by atoms with Crippen LogP contribution in [-0.4, -0.2) is 0 Å². The van der Waals surface area contributed by atoms with E-state index in [9.17, 15) is 0 Å². The summed E-state index contributed by atoms with van der Waals surface area (Å²) in [5.41, 5.74) is 2.28. The second kappa shape index (κ2) is 5.96. The van der Waals surface area contributed by atoms with Crippen LogP contribution in [0.1, 0.15) is 11.1 Å². The molecule has 0 spiro atoms. The molecule has 0 heterocycles. The van der Waals surface area contributed by atoms with E-state index in [0.29, 0.717) is 15.8 Å². The predicted octanol–water partition coefficient (Wildman–Crippen LogP) is 5.99. The third kappa shape index (κ3) is 3.41. The smallest absolute Gasteiger partial charge is 0.130 e. The molecule has 0 aliphatic rings. The Hall–Kier alpha value is -0.700. The van der Waals surface area contributed by atoms with Crippen molar-refractivity contribution in [3.05, 3.63) is 57.6 Å². The summed E-state index contributed by atoms with van der Waals surface area (Å²) >= 11 is 15.3. The van der Waals surface area contributed by atoms with Crippen molar-refractivity contribution in [2.75, 3.05) is 0 Å². The number of ether oxygens (including phenoxy) is 1. The lowest BCUT2D eigenvalue weighted by Crippen LogP contribution is -1.89. The molecule has 0 aliphatic carbocycles. The molecule has 0 aliphatic heterocycles. The van der Waals surface area contributed by atoms with E-state index in [-0.39, 0.29) is 0 Å². The van der Waals surface area contributed by atoms with Crippen molar-refractivity contribution in [2.45, 2.75) is 12.3 Å². The summed E-state index contributed by atoms with van der Waals surface area (Å²) in [7, 11) is 0. The quantitative estimate of drug-likeness (QED) is 0.621. The van der Waals surface area contributed by atoms with Crippen LogP contribution >= 0.6 is 39.1 Å². The van der Waals surface area contributed by atoms with Gasteiger partial charge in [0.05, 0.1) is 0 Å². The highest BCUT2D eigenvalue weighted by Crippen LogP contribution is 2.30. The van der Waals surface area contributed by atoms with E-state index in [0.717, 1.165) is 16.6 Å². The topological polar surface area (TPSA) is 9.23 Å². The lowest BCUT2D eigenvalue weighted by atomic mass is 10.1. The number of hydrogen-bond donors (Lipinski definition) is 0.